The highest BCUT2D eigenvalue weighted by Crippen LogP contribution is 2.39. The summed E-state index contributed by atoms with van der Waals surface area (Å²) in [6, 6.07) is 0. The van der Waals surface area contributed by atoms with Gasteiger partial charge in [0.25, 0.3) is 0 Å². The zero-order chi connectivity index (χ0) is 8.91. The fourth-order valence-electron chi connectivity index (χ4n) is 0.566. The fourth-order valence-corrected chi connectivity index (χ4v) is 1.44. The van der Waals surface area contributed by atoms with Crippen LogP contribution < -0.4 is 0 Å². The van der Waals surface area contributed by atoms with Crippen LogP contribution in [0.2, 0.25) is 0 Å². The zero-order valence-electron chi connectivity index (χ0n) is 6.23. The Labute approximate surface area is 70.8 Å². The molecule has 0 saturated carbocycles. The Balaban J connectivity index is 3.52. The van der Waals surface area contributed by atoms with E-state index in [1.807, 2.05) is 6.92 Å². The summed E-state index contributed by atoms with van der Waals surface area (Å²) in [4.78, 5) is 16.6. The molecule has 0 aromatic rings. The molecule has 0 fully saturated rings. The van der Waals surface area contributed by atoms with E-state index < -0.39 is 13.4 Å². The maximum Gasteiger partial charge on any atom is 0.471 e. The van der Waals surface area contributed by atoms with Crippen LogP contribution in [0.25, 0.3) is 0 Å². The molecular formula is C5H12ClO4P. The van der Waals surface area contributed by atoms with Gasteiger partial charge in [0.05, 0.1) is 0 Å². The number of phosphoric acid groups is 1. The monoisotopic (exact) mass is 202 g/mol. The molecule has 0 aliphatic rings. The largest absolute Gasteiger partial charge is 0.471 e. The highest BCUT2D eigenvalue weighted by molar-refractivity contribution is 7.46. The molecule has 0 aromatic heterocycles. The Morgan fingerprint density at radius 3 is 2.55 bits per heavy atom. The van der Waals surface area contributed by atoms with Crippen molar-refractivity contribution in [3.8, 4) is 0 Å². The second-order valence-electron chi connectivity index (χ2n) is 2.15. The van der Waals surface area contributed by atoms with Crippen molar-refractivity contribution < 1.29 is 18.9 Å². The highest BCUT2D eigenvalue weighted by atomic mass is 35.5. The smallest absolute Gasteiger partial charge is 0.303 e. The molecule has 11 heavy (non-hydrogen) atoms. The van der Waals surface area contributed by atoms with Gasteiger partial charge >= 0.3 is 7.82 Å². The summed E-state index contributed by atoms with van der Waals surface area (Å²) in [6.07, 6.45) is 2.19. The number of hydrogen-bond donors (Lipinski definition) is 2. The molecule has 68 valence electrons. The number of hydrogen-bond acceptors (Lipinski definition) is 2. The standard InChI is InChI=1S/C5H12ClO4P/c1-2-3-4-5(6)10-11(7,8)9/h5H,2-4H2,1H3,(H2,7,8,9). The van der Waals surface area contributed by atoms with Gasteiger partial charge in [-0.1, -0.05) is 24.9 Å². The maximum absolute atomic E-state index is 10.2. The van der Waals surface area contributed by atoms with E-state index in [2.05, 4.69) is 4.52 Å². The van der Waals surface area contributed by atoms with Crippen LogP contribution in [0.3, 0.4) is 0 Å². The predicted octanol–water partition coefficient (Wildman–Crippen LogP) is 1.85. The van der Waals surface area contributed by atoms with Crippen molar-refractivity contribution in [3.05, 3.63) is 0 Å². The van der Waals surface area contributed by atoms with E-state index in [0.717, 1.165) is 12.8 Å². The minimum Gasteiger partial charge on any atom is -0.303 e. The first kappa shape index (κ1) is 11.4. The first-order chi connectivity index (χ1) is 4.95. The van der Waals surface area contributed by atoms with Gasteiger partial charge in [0.1, 0.15) is 5.56 Å². The quantitative estimate of drug-likeness (QED) is 0.527. The van der Waals surface area contributed by atoms with Crippen molar-refractivity contribution in [1.82, 2.24) is 0 Å². The summed E-state index contributed by atoms with van der Waals surface area (Å²) in [5.41, 5.74) is -0.879. The van der Waals surface area contributed by atoms with Crippen molar-refractivity contribution in [2.75, 3.05) is 0 Å². The van der Waals surface area contributed by atoms with Gasteiger partial charge in [0.15, 0.2) is 0 Å². The normalized spacial score (nSPS) is 14.9. The van der Waals surface area contributed by atoms with Crippen LogP contribution in [-0.4, -0.2) is 15.3 Å². The van der Waals surface area contributed by atoms with E-state index in [0.29, 0.717) is 6.42 Å². The van der Waals surface area contributed by atoms with Crippen molar-refractivity contribution >= 4 is 19.4 Å². The van der Waals surface area contributed by atoms with E-state index in [1.165, 1.54) is 0 Å². The Morgan fingerprint density at radius 2 is 2.18 bits per heavy atom. The molecule has 0 aromatic carbocycles. The average Bonchev–Trinajstić information content (AvgIpc) is 1.79. The van der Waals surface area contributed by atoms with Gasteiger partial charge in [-0.25, -0.2) is 4.57 Å². The lowest BCUT2D eigenvalue weighted by atomic mass is 10.3. The minimum atomic E-state index is -4.39. The fraction of sp³-hybridized carbons (Fsp3) is 1.00. The van der Waals surface area contributed by atoms with Gasteiger partial charge in [-0.3, -0.25) is 4.52 Å². The van der Waals surface area contributed by atoms with Crippen molar-refractivity contribution in [2.24, 2.45) is 0 Å². The van der Waals surface area contributed by atoms with Gasteiger partial charge in [0, 0.05) is 0 Å². The minimum absolute atomic E-state index is 0.461. The topological polar surface area (TPSA) is 66.8 Å². The van der Waals surface area contributed by atoms with Gasteiger partial charge in [-0.2, -0.15) is 0 Å². The summed E-state index contributed by atoms with van der Waals surface area (Å²) in [5.74, 6) is 0. The molecular weight excluding hydrogens is 190 g/mol. The number of halogens is 1. The third kappa shape index (κ3) is 8.30. The van der Waals surface area contributed by atoms with Gasteiger partial charge < -0.3 is 9.79 Å². The second kappa shape index (κ2) is 5.12. The number of rotatable bonds is 5. The Morgan fingerprint density at radius 1 is 1.64 bits per heavy atom. The van der Waals surface area contributed by atoms with Gasteiger partial charge in [0.2, 0.25) is 0 Å². The van der Waals surface area contributed by atoms with E-state index in [9.17, 15) is 4.57 Å². The van der Waals surface area contributed by atoms with Crippen LogP contribution >= 0.6 is 19.4 Å². The first-order valence-corrected chi connectivity index (χ1v) is 5.30. The van der Waals surface area contributed by atoms with Gasteiger partial charge in [-0.15, -0.1) is 0 Å². The lowest BCUT2D eigenvalue weighted by Crippen LogP contribution is -2.02. The zero-order valence-corrected chi connectivity index (χ0v) is 7.89. The summed E-state index contributed by atoms with van der Waals surface area (Å²) in [6.45, 7) is 1.96. The summed E-state index contributed by atoms with van der Waals surface area (Å²) < 4.78 is 14.4. The summed E-state index contributed by atoms with van der Waals surface area (Å²) >= 11 is 5.43. The number of phosphoric ester groups is 1. The number of alkyl halides is 1. The van der Waals surface area contributed by atoms with E-state index in [1.54, 1.807) is 0 Å². The SMILES string of the molecule is CCCCC(Cl)OP(=O)(O)O. The van der Waals surface area contributed by atoms with E-state index in [4.69, 9.17) is 21.4 Å². The third-order valence-electron chi connectivity index (χ3n) is 1.04. The molecule has 0 bridgehead atoms. The molecule has 4 nitrogen and oxygen atoms in total. The lowest BCUT2D eigenvalue weighted by molar-refractivity contribution is 0.172. The molecule has 2 N–H and O–H groups in total. The van der Waals surface area contributed by atoms with Crippen LogP contribution in [0, 0.1) is 0 Å². The molecule has 0 amide bonds. The first-order valence-electron chi connectivity index (χ1n) is 3.33. The molecule has 0 spiro atoms. The molecule has 6 heteroatoms. The Hall–Kier alpha value is 0.400. The number of unbranched alkanes of at least 4 members (excludes halogenated alkanes) is 1. The van der Waals surface area contributed by atoms with Crippen molar-refractivity contribution in [2.45, 2.75) is 31.7 Å². The Bertz CT molecular complexity index is 145. The molecule has 0 aliphatic heterocycles. The average molecular weight is 203 g/mol. The van der Waals surface area contributed by atoms with Crippen LogP contribution in [0.5, 0.6) is 0 Å². The van der Waals surface area contributed by atoms with Crippen LogP contribution in [0.4, 0.5) is 0 Å². The molecule has 0 radical (unpaired) electrons. The van der Waals surface area contributed by atoms with Crippen LogP contribution in [-0.2, 0) is 9.09 Å². The molecule has 0 rings (SSSR count). The highest BCUT2D eigenvalue weighted by Gasteiger charge is 2.19. The van der Waals surface area contributed by atoms with E-state index in [-0.39, 0.29) is 0 Å². The molecule has 0 heterocycles. The molecule has 1 atom stereocenters. The summed E-state index contributed by atoms with van der Waals surface area (Å²) in [5, 5.41) is 0. The Kier molecular flexibility index (Phi) is 5.30. The second-order valence-corrected chi connectivity index (χ2v) is 3.83. The van der Waals surface area contributed by atoms with Crippen LogP contribution in [0.1, 0.15) is 26.2 Å². The predicted molar refractivity (Wildman–Crippen MR) is 42.3 cm³/mol. The van der Waals surface area contributed by atoms with Gasteiger partial charge in [-0.05, 0) is 12.8 Å². The molecule has 0 aliphatic carbocycles. The lowest BCUT2D eigenvalue weighted by Gasteiger charge is -2.10. The third-order valence-corrected chi connectivity index (χ3v) is 2.00. The van der Waals surface area contributed by atoms with Crippen LogP contribution in [0.15, 0.2) is 0 Å². The maximum atomic E-state index is 10.2. The molecule has 0 saturated heterocycles. The van der Waals surface area contributed by atoms with E-state index >= 15 is 0 Å². The summed E-state index contributed by atoms with van der Waals surface area (Å²) in [7, 11) is -4.39. The van der Waals surface area contributed by atoms with Crippen molar-refractivity contribution in [1.29, 1.82) is 0 Å². The molecule has 1 unspecified atom stereocenters. The van der Waals surface area contributed by atoms with Crippen molar-refractivity contribution in [3.63, 3.8) is 0 Å².